The average molecular weight is 312 g/mol. The highest BCUT2D eigenvalue weighted by molar-refractivity contribution is 9.11. The van der Waals surface area contributed by atoms with E-state index < -0.39 is 0 Å². The molecule has 2 rings (SSSR count). The molecule has 90 valence electrons. The number of thiophene rings is 1. The minimum atomic E-state index is 0.187. The fraction of sp³-hybridized carbons (Fsp3) is 0.333. The molecule has 2 aromatic heterocycles. The van der Waals surface area contributed by atoms with Gasteiger partial charge in [0.05, 0.1) is 9.83 Å². The molecule has 2 heterocycles. The maximum atomic E-state index is 4.32. The minimum Gasteiger partial charge on any atom is -0.307 e. The number of halogens is 1. The van der Waals surface area contributed by atoms with E-state index in [2.05, 4.69) is 50.3 Å². The SMILES string of the molecule is CCNC(Cc1ccc(Br)s1)c1ncccn1. The fourth-order valence-corrected chi connectivity index (χ4v) is 3.18. The lowest BCUT2D eigenvalue weighted by Crippen LogP contribution is -2.24. The Morgan fingerprint density at radius 3 is 2.71 bits per heavy atom. The smallest absolute Gasteiger partial charge is 0.145 e. The molecule has 1 unspecified atom stereocenters. The van der Waals surface area contributed by atoms with Gasteiger partial charge < -0.3 is 5.32 Å². The average Bonchev–Trinajstić information content (AvgIpc) is 2.75. The Balaban J connectivity index is 2.13. The predicted octanol–water partition coefficient (Wildman–Crippen LogP) is 3.19. The lowest BCUT2D eigenvalue weighted by atomic mass is 10.1. The van der Waals surface area contributed by atoms with Crippen LogP contribution in [0.25, 0.3) is 0 Å². The summed E-state index contributed by atoms with van der Waals surface area (Å²) >= 11 is 5.24. The van der Waals surface area contributed by atoms with E-state index in [1.165, 1.54) is 4.88 Å². The van der Waals surface area contributed by atoms with Gasteiger partial charge in [-0.25, -0.2) is 9.97 Å². The molecule has 1 N–H and O–H groups in total. The maximum Gasteiger partial charge on any atom is 0.145 e. The van der Waals surface area contributed by atoms with Gasteiger partial charge in [-0.05, 0) is 40.7 Å². The van der Waals surface area contributed by atoms with Crippen molar-refractivity contribution >= 4 is 27.3 Å². The molecule has 1 atom stereocenters. The number of rotatable bonds is 5. The van der Waals surface area contributed by atoms with E-state index in [1.807, 2.05) is 6.07 Å². The molecule has 5 heteroatoms. The first-order valence-electron chi connectivity index (χ1n) is 5.54. The van der Waals surface area contributed by atoms with Crippen molar-refractivity contribution in [3.05, 3.63) is 45.1 Å². The summed E-state index contributed by atoms with van der Waals surface area (Å²) in [5, 5.41) is 3.42. The quantitative estimate of drug-likeness (QED) is 0.921. The van der Waals surface area contributed by atoms with Gasteiger partial charge in [-0.2, -0.15) is 0 Å². The van der Waals surface area contributed by atoms with Crippen LogP contribution in [0.3, 0.4) is 0 Å². The van der Waals surface area contributed by atoms with Crippen molar-refractivity contribution in [2.24, 2.45) is 0 Å². The first kappa shape index (κ1) is 12.7. The number of hydrogen-bond donors (Lipinski definition) is 1. The van der Waals surface area contributed by atoms with Crippen LogP contribution in [0.4, 0.5) is 0 Å². The molecule has 0 bridgehead atoms. The molecule has 17 heavy (non-hydrogen) atoms. The van der Waals surface area contributed by atoms with Crippen molar-refractivity contribution in [2.75, 3.05) is 6.54 Å². The molecule has 0 aromatic carbocycles. The monoisotopic (exact) mass is 311 g/mol. The van der Waals surface area contributed by atoms with Crippen molar-refractivity contribution in [1.82, 2.24) is 15.3 Å². The third-order valence-electron chi connectivity index (χ3n) is 2.38. The summed E-state index contributed by atoms with van der Waals surface area (Å²) < 4.78 is 1.16. The summed E-state index contributed by atoms with van der Waals surface area (Å²) in [5.74, 6) is 0.860. The summed E-state index contributed by atoms with van der Waals surface area (Å²) in [6.07, 6.45) is 4.50. The van der Waals surface area contributed by atoms with E-state index in [4.69, 9.17) is 0 Å². The van der Waals surface area contributed by atoms with Gasteiger partial charge in [0.2, 0.25) is 0 Å². The Morgan fingerprint density at radius 1 is 1.35 bits per heavy atom. The Labute approximate surface area is 113 Å². The normalized spacial score (nSPS) is 12.6. The van der Waals surface area contributed by atoms with Gasteiger partial charge in [0.15, 0.2) is 0 Å². The molecule has 0 saturated carbocycles. The van der Waals surface area contributed by atoms with Crippen LogP contribution in [0, 0.1) is 0 Å². The Bertz CT molecular complexity index is 458. The molecular weight excluding hydrogens is 298 g/mol. The molecule has 2 aromatic rings. The van der Waals surface area contributed by atoms with Gasteiger partial charge in [-0.3, -0.25) is 0 Å². The van der Waals surface area contributed by atoms with Crippen molar-refractivity contribution in [2.45, 2.75) is 19.4 Å². The third-order valence-corrected chi connectivity index (χ3v) is 4.03. The first-order chi connectivity index (χ1) is 8.29. The number of nitrogens with zero attached hydrogens (tertiary/aromatic N) is 2. The van der Waals surface area contributed by atoms with Gasteiger partial charge in [0.25, 0.3) is 0 Å². The van der Waals surface area contributed by atoms with Crippen LogP contribution in [0.5, 0.6) is 0 Å². The summed E-state index contributed by atoms with van der Waals surface area (Å²) in [4.78, 5) is 9.97. The van der Waals surface area contributed by atoms with Crippen molar-refractivity contribution in [3.8, 4) is 0 Å². The zero-order valence-electron chi connectivity index (χ0n) is 9.56. The van der Waals surface area contributed by atoms with E-state index in [1.54, 1.807) is 23.7 Å². The van der Waals surface area contributed by atoms with Crippen LogP contribution in [0.15, 0.2) is 34.4 Å². The van der Waals surface area contributed by atoms with Gasteiger partial charge in [-0.15, -0.1) is 11.3 Å². The highest BCUT2D eigenvalue weighted by atomic mass is 79.9. The van der Waals surface area contributed by atoms with Crippen LogP contribution in [-0.4, -0.2) is 16.5 Å². The van der Waals surface area contributed by atoms with E-state index in [9.17, 15) is 0 Å². The van der Waals surface area contributed by atoms with Gasteiger partial charge in [0.1, 0.15) is 5.82 Å². The van der Waals surface area contributed by atoms with Crippen LogP contribution < -0.4 is 5.32 Å². The van der Waals surface area contributed by atoms with Gasteiger partial charge >= 0.3 is 0 Å². The van der Waals surface area contributed by atoms with Crippen LogP contribution in [-0.2, 0) is 6.42 Å². The zero-order chi connectivity index (χ0) is 12.1. The van der Waals surface area contributed by atoms with E-state index >= 15 is 0 Å². The van der Waals surface area contributed by atoms with E-state index in [0.717, 1.165) is 22.6 Å². The molecule has 0 aliphatic heterocycles. The second-order valence-corrected chi connectivity index (χ2v) is 6.17. The summed E-state index contributed by atoms with van der Waals surface area (Å²) in [6.45, 7) is 3.01. The second kappa shape index (κ2) is 6.23. The molecule has 0 radical (unpaired) electrons. The van der Waals surface area contributed by atoms with Crippen molar-refractivity contribution < 1.29 is 0 Å². The third kappa shape index (κ3) is 3.59. The highest BCUT2D eigenvalue weighted by Gasteiger charge is 2.14. The minimum absolute atomic E-state index is 0.187. The molecule has 3 nitrogen and oxygen atoms in total. The molecule has 0 fully saturated rings. The predicted molar refractivity (Wildman–Crippen MR) is 74.2 cm³/mol. The largest absolute Gasteiger partial charge is 0.307 e. The highest BCUT2D eigenvalue weighted by Crippen LogP contribution is 2.25. The fourth-order valence-electron chi connectivity index (χ4n) is 1.65. The van der Waals surface area contributed by atoms with Crippen LogP contribution in [0.1, 0.15) is 23.7 Å². The molecule has 0 amide bonds. The Kier molecular flexibility index (Phi) is 4.65. The van der Waals surface area contributed by atoms with Gasteiger partial charge in [-0.1, -0.05) is 6.92 Å². The Hall–Kier alpha value is -0.780. The number of aromatic nitrogens is 2. The van der Waals surface area contributed by atoms with Crippen molar-refractivity contribution in [1.29, 1.82) is 0 Å². The number of nitrogens with one attached hydrogen (secondary N) is 1. The van der Waals surface area contributed by atoms with E-state index in [0.29, 0.717) is 0 Å². The lowest BCUT2D eigenvalue weighted by molar-refractivity contribution is 0.524. The molecule has 0 aliphatic carbocycles. The van der Waals surface area contributed by atoms with Gasteiger partial charge in [0, 0.05) is 23.7 Å². The number of likely N-dealkylation sites (N-methyl/N-ethyl adjacent to an activating group) is 1. The summed E-state index contributed by atoms with van der Waals surface area (Å²) in [5.41, 5.74) is 0. The lowest BCUT2D eigenvalue weighted by Gasteiger charge is -2.15. The van der Waals surface area contributed by atoms with Crippen molar-refractivity contribution in [3.63, 3.8) is 0 Å². The zero-order valence-corrected chi connectivity index (χ0v) is 12.0. The second-order valence-electron chi connectivity index (χ2n) is 3.63. The standard InChI is InChI=1S/C12H14BrN3S/c1-2-14-10(12-15-6-3-7-16-12)8-9-4-5-11(13)17-9/h3-7,10,14H,2,8H2,1H3. The van der Waals surface area contributed by atoms with Crippen LogP contribution in [0.2, 0.25) is 0 Å². The maximum absolute atomic E-state index is 4.32. The number of hydrogen-bond acceptors (Lipinski definition) is 4. The first-order valence-corrected chi connectivity index (χ1v) is 7.15. The molecule has 0 saturated heterocycles. The molecule has 0 aliphatic rings. The summed E-state index contributed by atoms with van der Waals surface area (Å²) in [6, 6.07) is 6.25. The van der Waals surface area contributed by atoms with Crippen LogP contribution >= 0.6 is 27.3 Å². The molecular formula is C12H14BrN3S. The topological polar surface area (TPSA) is 37.8 Å². The summed E-state index contributed by atoms with van der Waals surface area (Å²) in [7, 11) is 0. The Morgan fingerprint density at radius 2 is 2.12 bits per heavy atom. The molecule has 0 spiro atoms. The van der Waals surface area contributed by atoms with E-state index in [-0.39, 0.29) is 6.04 Å².